The molecule has 1 aromatic carbocycles. The summed E-state index contributed by atoms with van der Waals surface area (Å²) in [5, 5.41) is 0. The van der Waals surface area contributed by atoms with E-state index in [2.05, 4.69) is 20.9 Å². The average molecular weight is 402 g/mol. The van der Waals surface area contributed by atoms with Crippen LogP contribution in [-0.2, 0) is 4.74 Å². The topological polar surface area (TPSA) is 48.4 Å². The Kier molecular flexibility index (Phi) is 5.53. The van der Waals surface area contributed by atoms with Crippen LogP contribution in [-0.4, -0.2) is 24.7 Å². The number of esters is 1. The lowest BCUT2D eigenvalue weighted by Crippen LogP contribution is -2.04. The van der Waals surface area contributed by atoms with Gasteiger partial charge < -0.3 is 9.47 Å². The van der Waals surface area contributed by atoms with Crippen LogP contribution in [0.25, 0.3) is 11.1 Å². The van der Waals surface area contributed by atoms with Gasteiger partial charge in [-0.05, 0) is 77.0 Å². The number of methoxy groups -OCH3 is 1. The fraction of sp³-hybridized carbons (Fsp3) is 0.300. The van der Waals surface area contributed by atoms with E-state index >= 15 is 0 Å². The van der Waals surface area contributed by atoms with Gasteiger partial charge in [0.05, 0.1) is 19.3 Å². The van der Waals surface area contributed by atoms with Crippen LogP contribution in [0, 0.1) is 0 Å². The van der Waals surface area contributed by atoms with E-state index in [0.717, 1.165) is 34.9 Å². The number of nitrogens with zero attached hydrogens (tertiary/aromatic N) is 1. The van der Waals surface area contributed by atoms with Crippen molar-refractivity contribution in [2.75, 3.05) is 13.7 Å². The second-order valence-corrected chi connectivity index (χ2v) is 6.74. The van der Waals surface area contributed by atoms with E-state index in [-0.39, 0.29) is 5.97 Å². The van der Waals surface area contributed by atoms with Crippen molar-refractivity contribution in [3.63, 3.8) is 0 Å². The number of carbonyl (C=O) groups is 1. The third-order valence-electron chi connectivity index (χ3n) is 4.28. The van der Waals surface area contributed by atoms with Crippen LogP contribution in [0.2, 0.25) is 0 Å². The molecule has 1 aliphatic rings. The van der Waals surface area contributed by atoms with E-state index in [9.17, 15) is 4.79 Å². The van der Waals surface area contributed by atoms with Gasteiger partial charge in [0.2, 0.25) is 5.88 Å². The Morgan fingerprint density at radius 2 is 2.04 bits per heavy atom. The highest BCUT2D eigenvalue weighted by Crippen LogP contribution is 2.42. The van der Waals surface area contributed by atoms with Crippen molar-refractivity contribution < 1.29 is 14.3 Å². The number of hydrogen-bond donors (Lipinski definition) is 0. The molecule has 3 rings (SSSR count). The van der Waals surface area contributed by atoms with E-state index in [4.69, 9.17) is 9.47 Å². The highest BCUT2D eigenvalue weighted by molar-refractivity contribution is 9.10. The molecule has 0 spiro atoms. The van der Waals surface area contributed by atoms with E-state index in [1.54, 1.807) is 19.4 Å². The Labute approximate surface area is 156 Å². The molecule has 1 aromatic heterocycles. The van der Waals surface area contributed by atoms with E-state index in [1.165, 1.54) is 11.1 Å². The molecule has 0 bridgehead atoms. The monoisotopic (exact) mass is 401 g/mol. The Morgan fingerprint density at radius 3 is 2.80 bits per heavy atom. The molecule has 0 aliphatic heterocycles. The van der Waals surface area contributed by atoms with Crippen molar-refractivity contribution in [2.45, 2.75) is 26.2 Å². The summed E-state index contributed by atoms with van der Waals surface area (Å²) in [4.78, 5) is 16.4. The Balaban J connectivity index is 2.07. The van der Waals surface area contributed by atoms with Crippen LogP contribution in [0.1, 0.15) is 47.7 Å². The number of benzene rings is 1. The SMILES string of the molecule is CCOC(=O)c1cccc(C2=C(c3cc(Br)cnc3OC)CCC2)c1. The Bertz CT molecular complexity index is 829. The number of allylic oxidation sites excluding steroid dienone is 2. The second kappa shape index (κ2) is 7.83. The molecule has 0 saturated heterocycles. The van der Waals surface area contributed by atoms with Crippen molar-refractivity contribution >= 4 is 33.0 Å². The molecule has 5 heteroatoms. The lowest BCUT2D eigenvalue weighted by Gasteiger charge is -2.13. The molecule has 1 aliphatic carbocycles. The molecule has 25 heavy (non-hydrogen) atoms. The van der Waals surface area contributed by atoms with Gasteiger partial charge in [0.1, 0.15) is 0 Å². The third-order valence-corrected chi connectivity index (χ3v) is 4.71. The van der Waals surface area contributed by atoms with Crippen molar-refractivity contribution in [1.29, 1.82) is 0 Å². The van der Waals surface area contributed by atoms with E-state index in [0.29, 0.717) is 18.1 Å². The number of hydrogen-bond acceptors (Lipinski definition) is 4. The first-order valence-corrected chi connectivity index (χ1v) is 9.12. The van der Waals surface area contributed by atoms with Gasteiger partial charge in [0, 0.05) is 16.2 Å². The molecule has 0 unspecified atom stereocenters. The van der Waals surface area contributed by atoms with Gasteiger partial charge in [0.25, 0.3) is 0 Å². The molecule has 0 N–H and O–H groups in total. The molecule has 1 heterocycles. The summed E-state index contributed by atoms with van der Waals surface area (Å²) in [5.41, 5.74) is 5.11. The van der Waals surface area contributed by atoms with Gasteiger partial charge in [-0.3, -0.25) is 0 Å². The molecule has 0 saturated carbocycles. The van der Waals surface area contributed by atoms with Gasteiger partial charge in [-0.25, -0.2) is 9.78 Å². The standard InChI is InChI=1S/C20H20BrNO3/c1-3-25-20(23)14-7-4-6-13(10-14)16-8-5-9-17(16)18-11-15(21)12-22-19(18)24-2/h4,6-7,10-12H,3,5,8-9H2,1-2H3. The highest BCUT2D eigenvalue weighted by Gasteiger charge is 2.22. The molecular formula is C20H20BrNO3. The first-order valence-electron chi connectivity index (χ1n) is 8.33. The lowest BCUT2D eigenvalue weighted by molar-refractivity contribution is 0.0526. The fourth-order valence-electron chi connectivity index (χ4n) is 3.21. The highest BCUT2D eigenvalue weighted by atomic mass is 79.9. The number of aromatic nitrogens is 1. The predicted molar refractivity (Wildman–Crippen MR) is 102 cm³/mol. The normalized spacial score (nSPS) is 13.9. The molecule has 0 atom stereocenters. The minimum Gasteiger partial charge on any atom is -0.481 e. The maximum atomic E-state index is 12.0. The van der Waals surface area contributed by atoms with E-state index in [1.807, 2.05) is 31.2 Å². The maximum absolute atomic E-state index is 12.0. The summed E-state index contributed by atoms with van der Waals surface area (Å²) in [6.07, 6.45) is 4.74. The zero-order valence-corrected chi connectivity index (χ0v) is 15.9. The summed E-state index contributed by atoms with van der Waals surface area (Å²) in [5.74, 6) is 0.338. The van der Waals surface area contributed by atoms with Crippen LogP contribution in [0.4, 0.5) is 0 Å². The minimum absolute atomic E-state index is 0.286. The number of carbonyl (C=O) groups excluding carboxylic acids is 1. The molecule has 130 valence electrons. The number of ether oxygens (including phenoxy) is 2. The van der Waals surface area contributed by atoms with Gasteiger partial charge in [0.15, 0.2) is 0 Å². The average Bonchev–Trinajstić information content (AvgIpc) is 3.11. The summed E-state index contributed by atoms with van der Waals surface area (Å²) in [6.45, 7) is 2.18. The quantitative estimate of drug-likeness (QED) is 0.651. The summed E-state index contributed by atoms with van der Waals surface area (Å²) in [6, 6.07) is 9.69. The van der Waals surface area contributed by atoms with Crippen LogP contribution >= 0.6 is 15.9 Å². The lowest BCUT2D eigenvalue weighted by atomic mass is 9.96. The zero-order chi connectivity index (χ0) is 17.8. The molecular weight excluding hydrogens is 382 g/mol. The minimum atomic E-state index is -0.286. The van der Waals surface area contributed by atoms with Crippen LogP contribution in [0.15, 0.2) is 41.0 Å². The summed E-state index contributed by atoms with van der Waals surface area (Å²) < 4.78 is 11.5. The third kappa shape index (κ3) is 3.76. The first-order chi connectivity index (χ1) is 12.1. The molecule has 0 amide bonds. The second-order valence-electron chi connectivity index (χ2n) is 5.82. The van der Waals surface area contributed by atoms with Gasteiger partial charge in [-0.2, -0.15) is 0 Å². The van der Waals surface area contributed by atoms with Gasteiger partial charge in [-0.15, -0.1) is 0 Å². The van der Waals surface area contributed by atoms with Crippen LogP contribution in [0.3, 0.4) is 0 Å². The first kappa shape index (κ1) is 17.7. The molecule has 4 nitrogen and oxygen atoms in total. The van der Waals surface area contributed by atoms with Crippen molar-refractivity contribution in [3.05, 3.63) is 57.7 Å². The maximum Gasteiger partial charge on any atom is 0.338 e. The fourth-order valence-corrected chi connectivity index (χ4v) is 3.54. The summed E-state index contributed by atoms with van der Waals surface area (Å²) >= 11 is 3.49. The van der Waals surface area contributed by atoms with Crippen molar-refractivity contribution in [2.24, 2.45) is 0 Å². The smallest absolute Gasteiger partial charge is 0.338 e. The van der Waals surface area contributed by atoms with Crippen molar-refractivity contribution in [3.8, 4) is 5.88 Å². The number of halogens is 1. The number of pyridine rings is 1. The summed E-state index contributed by atoms with van der Waals surface area (Å²) in [7, 11) is 1.64. The number of rotatable bonds is 5. The zero-order valence-electron chi connectivity index (χ0n) is 14.3. The van der Waals surface area contributed by atoms with Crippen LogP contribution in [0.5, 0.6) is 5.88 Å². The largest absolute Gasteiger partial charge is 0.481 e. The van der Waals surface area contributed by atoms with Crippen LogP contribution < -0.4 is 4.74 Å². The predicted octanol–water partition coefficient (Wildman–Crippen LogP) is 5.12. The van der Waals surface area contributed by atoms with Gasteiger partial charge in [-0.1, -0.05) is 12.1 Å². The van der Waals surface area contributed by atoms with Gasteiger partial charge >= 0.3 is 5.97 Å². The molecule has 0 fully saturated rings. The van der Waals surface area contributed by atoms with Crippen molar-refractivity contribution in [1.82, 2.24) is 4.98 Å². The molecule has 2 aromatic rings. The molecule has 0 radical (unpaired) electrons. The Hall–Kier alpha value is -2.14. The Morgan fingerprint density at radius 1 is 1.24 bits per heavy atom. The van der Waals surface area contributed by atoms with E-state index < -0.39 is 0 Å².